The normalized spacial score (nSPS) is 10.3. The first-order chi connectivity index (χ1) is 8.15. The van der Waals surface area contributed by atoms with Crippen LogP contribution in [0.4, 0.5) is 5.69 Å². The molecule has 0 aliphatic heterocycles. The Morgan fingerprint density at radius 3 is 2.59 bits per heavy atom. The highest BCUT2D eigenvalue weighted by molar-refractivity contribution is 9.10. The number of halogens is 3. The summed E-state index contributed by atoms with van der Waals surface area (Å²) >= 11 is 15.1. The van der Waals surface area contributed by atoms with Crippen molar-refractivity contribution in [3.63, 3.8) is 0 Å². The molecule has 0 aliphatic rings. The Balaban J connectivity index is 2.02. The molecule has 0 spiro atoms. The number of hydrogen-bond acceptors (Lipinski definition) is 2. The molecule has 88 valence electrons. The van der Waals surface area contributed by atoms with Crippen molar-refractivity contribution in [2.24, 2.45) is 0 Å². The van der Waals surface area contributed by atoms with Crippen molar-refractivity contribution in [3.8, 4) is 0 Å². The Morgan fingerprint density at radius 2 is 1.94 bits per heavy atom. The summed E-state index contributed by atoms with van der Waals surface area (Å²) in [4.78, 5) is 4.26. The molecular formula is C12H9BrCl2N2. The molecule has 0 unspecified atom stereocenters. The second-order valence-electron chi connectivity index (χ2n) is 3.45. The molecule has 2 nitrogen and oxygen atoms in total. The smallest absolute Gasteiger partial charge is 0.0612 e. The van der Waals surface area contributed by atoms with E-state index in [0.29, 0.717) is 16.6 Å². The van der Waals surface area contributed by atoms with Crippen LogP contribution in [0.1, 0.15) is 5.69 Å². The molecule has 1 heterocycles. The zero-order chi connectivity index (χ0) is 12.3. The summed E-state index contributed by atoms with van der Waals surface area (Å²) < 4.78 is 0.968. The van der Waals surface area contributed by atoms with E-state index in [4.69, 9.17) is 23.2 Å². The summed E-state index contributed by atoms with van der Waals surface area (Å²) in [6, 6.07) is 9.35. The number of hydrogen-bond donors (Lipinski definition) is 1. The molecule has 0 fully saturated rings. The fourth-order valence-electron chi connectivity index (χ4n) is 1.31. The molecule has 0 radical (unpaired) electrons. The Bertz CT molecular complexity index is 514. The maximum absolute atomic E-state index is 5.92. The largest absolute Gasteiger partial charge is 0.379 e. The van der Waals surface area contributed by atoms with E-state index >= 15 is 0 Å². The van der Waals surface area contributed by atoms with Gasteiger partial charge in [0, 0.05) is 16.4 Å². The summed E-state index contributed by atoms with van der Waals surface area (Å²) in [5.74, 6) is 0. The molecule has 0 bridgehead atoms. The Kier molecular flexibility index (Phi) is 4.26. The third-order valence-corrected chi connectivity index (χ3v) is 3.39. The van der Waals surface area contributed by atoms with Gasteiger partial charge in [0.2, 0.25) is 0 Å². The van der Waals surface area contributed by atoms with Gasteiger partial charge >= 0.3 is 0 Å². The van der Waals surface area contributed by atoms with Crippen LogP contribution in [-0.4, -0.2) is 4.98 Å². The number of pyridine rings is 1. The third kappa shape index (κ3) is 3.60. The fourth-order valence-corrected chi connectivity index (χ4v) is 1.84. The molecule has 2 aromatic rings. The van der Waals surface area contributed by atoms with E-state index in [9.17, 15) is 0 Å². The molecule has 1 aromatic carbocycles. The second kappa shape index (κ2) is 5.71. The molecule has 0 amide bonds. The van der Waals surface area contributed by atoms with Crippen LogP contribution in [-0.2, 0) is 6.54 Å². The van der Waals surface area contributed by atoms with Crippen molar-refractivity contribution < 1.29 is 0 Å². The molecule has 2 rings (SSSR count). The molecule has 0 atom stereocenters. The van der Waals surface area contributed by atoms with Crippen LogP contribution in [0, 0.1) is 0 Å². The van der Waals surface area contributed by atoms with Crippen molar-refractivity contribution in [2.45, 2.75) is 6.54 Å². The topological polar surface area (TPSA) is 24.9 Å². The van der Waals surface area contributed by atoms with Crippen LogP contribution in [0.25, 0.3) is 0 Å². The number of anilines is 1. The van der Waals surface area contributed by atoms with Crippen molar-refractivity contribution in [2.75, 3.05) is 5.32 Å². The maximum Gasteiger partial charge on any atom is 0.0612 e. The minimum atomic E-state index is 0.542. The number of benzene rings is 1. The van der Waals surface area contributed by atoms with Crippen molar-refractivity contribution in [1.82, 2.24) is 4.98 Å². The Hall–Kier alpha value is -0.770. The monoisotopic (exact) mass is 330 g/mol. The SMILES string of the molecule is Clc1ccc(NCc2ccc(Br)cn2)cc1Cl. The van der Waals surface area contributed by atoms with Crippen LogP contribution in [0.3, 0.4) is 0 Å². The lowest BCUT2D eigenvalue weighted by molar-refractivity contribution is 1.04. The van der Waals surface area contributed by atoms with E-state index in [1.807, 2.05) is 18.2 Å². The molecule has 0 aliphatic carbocycles. The average molecular weight is 332 g/mol. The van der Waals surface area contributed by atoms with Crippen molar-refractivity contribution in [3.05, 3.63) is 56.7 Å². The number of aromatic nitrogens is 1. The third-order valence-electron chi connectivity index (χ3n) is 2.18. The maximum atomic E-state index is 5.92. The standard InChI is InChI=1S/C12H9BrCl2N2/c13-8-1-2-10(16-6-8)7-17-9-3-4-11(14)12(15)5-9/h1-6,17H,7H2. The van der Waals surface area contributed by atoms with Gasteiger partial charge in [-0.1, -0.05) is 23.2 Å². The number of nitrogens with one attached hydrogen (secondary N) is 1. The Morgan fingerprint density at radius 1 is 1.12 bits per heavy atom. The van der Waals surface area contributed by atoms with Gasteiger partial charge in [0.25, 0.3) is 0 Å². The van der Waals surface area contributed by atoms with Gasteiger partial charge in [0.1, 0.15) is 0 Å². The lowest BCUT2D eigenvalue weighted by atomic mass is 10.3. The van der Waals surface area contributed by atoms with Crippen molar-refractivity contribution in [1.29, 1.82) is 0 Å². The zero-order valence-electron chi connectivity index (χ0n) is 8.75. The summed E-state index contributed by atoms with van der Waals surface area (Å²) in [7, 11) is 0. The van der Waals surface area contributed by atoms with E-state index in [0.717, 1.165) is 15.9 Å². The van der Waals surface area contributed by atoms with E-state index in [1.165, 1.54) is 0 Å². The van der Waals surface area contributed by atoms with Gasteiger partial charge in [-0.3, -0.25) is 4.98 Å². The van der Waals surface area contributed by atoms with Gasteiger partial charge in [-0.25, -0.2) is 0 Å². The highest BCUT2D eigenvalue weighted by Crippen LogP contribution is 2.25. The number of nitrogens with zero attached hydrogens (tertiary/aromatic N) is 1. The lowest BCUT2D eigenvalue weighted by Crippen LogP contribution is -2.01. The quantitative estimate of drug-likeness (QED) is 0.876. The number of rotatable bonds is 3. The van der Waals surface area contributed by atoms with E-state index in [2.05, 4.69) is 26.2 Å². The van der Waals surface area contributed by atoms with Crippen LogP contribution in [0.2, 0.25) is 10.0 Å². The fraction of sp³-hybridized carbons (Fsp3) is 0.0833. The summed E-state index contributed by atoms with van der Waals surface area (Å²) in [6.45, 7) is 0.644. The molecular weight excluding hydrogens is 323 g/mol. The molecule has 0 saturated heterocycles. The first kappa shape index (κ1) is 12.7. The van der Waals surface area contributed by atoms with Crippen LogP contribution >= 0.6 is 39.1 Å². The molecule has 17 heavy (non-hydrogen) atoms. The second-order valence-corrected chi connectivity index (χ2v) is 5.18. The summed E-state index contributed by atoms with van der Waals surface area (Å²) in [5.41, 5.74) is 1.88. The highest BCUT2D eigenvalue weighted by atomic mass is 79.9. The van der Waals surface area contributed by atoms with Gasteiger partial charge in [-0.15, -0.1) is 0 Å². The predicted octanol–water partition coefficient (Wildman–Crippen LogP) is 4.76. The zero-order valence-corrected chi connectivity index (χ0v) is 11.9. The minimum absolute atomic E-state index is 0.542. The van der Waals surface area contributed by atoms with Gasteiger partial charge in [-0.05, 0) is 46.3 Å². The highest BCUT2D eigenvalue weighted by Gasteiger charge is 2.00. The van der Waals surface area contributed by atoms with Crippen LogP contribution in [0.5, 0.6) is 0 Å². The first-order valence-electron chi connectivity index (χ1n) is 4.94. The van der Waals surface area contributed by atoms with Crippen LogP contribution in [0.15, 0.2) is 41.0 Å². The lowest BCUT2D eigenvalue weighted by Gasteiger charge is -2.07. The minimum Gasteiger partial charge on any atom is -0.379 e. The van der Waals surface area contributed by atoms with Crippen molar-refractivity contribution >= 4 is 44.8 Å². The summed E-state index contributed by atoms with van der Waals surface area (Å²) in [5, 5.41) is 4.32. The molecule has 1 aromatic heterocycles. The van der Waals surface area contributed by atoms with Gasteiger partial charge in [-0.2, -0.15) is 0 Å². The van der Waals surface area contributed by atoms with Gasteiger partial charge in [0.05, 0.1) is 22.3 Å². The predicted molar refractivity (Wildman–Crippen MR) is 75.7 cm³/mol. The van der Waals surface area contributed by atoms with Gasteiger partial charge in [0.15, 0.2) is 0 Å². The van der Waals surface area contributed by atoms with Crippen LogP contribution < -0.4 is 5.32 Å². The molecule has 0 saturated carbocycles. The first-order valence-corrected chi connectivity index (χ1v) is 6.49. The average Bonchev–Trinajstić information content (AvgIpc) is 2.33. The van der Waals surface area contributed by atoms with Gasteiger partial charge < -0.3 is 5.32 Å². The summed E-state index contributed by atoms with van der Waals surface area (Å²) in [6.07, 6.45) is 1.77. The Labute approximate surface area is 118 Å². The molecule has 1 N–H and O–H groups in total. The molecule has 5 heteroatoms. The van der Waals surface area contributed by atoms with E-state index in [1.54, 1.807) is 18.3 Å². The van der Waals surface area contributed by atoms with E-state index < -0.39 is 0 Å². The van der Waals surface area contributed by atoms with E-state index in [-0.39, 0.29) is 0 Å².